The van der Waals surface area contributed by atoms with Crippen molar-refractivity contribution in [2.75, 3.05) is 13.7 Å². The van der Waals surface area contributed by atoms with Crippen molar-refractivity contribution in [3.63, 3.8) is 0 Å². The van der Waals surface area contributed by atoms with E-state index in [1.54, 1.807) is 12.1 Å². The van der Waals surface area contributed by atoms with Crippen molar-refractivity contribution in [1.82, 2.24) is 9.79 Å². The molecule has 3 rings (SSSR count). The molecule has 1 aliphatic carbocycles. The molecule has 3 atom stereocenters. The monoisotopic (exact) mass is 366 g/mol. The fourth-order valence-electron chi connectivity index (χ4n) is 4.27. The summed E-state index contributed by atoms with van der Waals surface area (Å²) in [5.74, 6) is 1.27. The van der Waals surface area contributed by atoms with Crippen molar-refractivity contribution < 1.29 is 18.0 Å². The number of nitrogens with zero attached hydrogens (tertiary/aromatic N) is 1. The molecule has 0 radical (unpaired) electrons. The van der Waals surface area contributed by atoms with Crippen molar-refractivity contribution in [2.24, 2.45) is 11.8 Å². The molecule has 6 nitrogen and oxygen atoms in total. The Balaban J connectivity index is 1.78. The quantitative estimate of drug-likeness (QED) is 0.831. The Morgan fingerprint density at radius 2 is 1.84 bits per heavy atom. The molecule has 1 heterocycles. The summed E-state index contributed by atoms with van der Waals surface area (Å²) in [6.45, 7) is 3.08. The molecule has 0 bridgehead atoms. The molecular formula is C18H26N2O4S. The summed E-state index contributed by atoms with van der Waals surface area (Å²) < 4.78 is 23.8. The van der Waals surface area contributed by atoms with Crippen LogP contribution >= 0.6 is 0 Å². The van der Waals surface area contributed by atoms with Gasteiger partial charge in [0.1, 0.15) is 0 Å². The molecule has 1 amide bonds. The van der Waals surface area contributed by atoms with Gasteiger partial charge in [-0.1, -0.05) is 24.7 Å². The summed E-state index contributed by atoms with van der Waals surface area (Å²) in [7, 11) is -2.46. The standard InChI is InChI=1S/C18H26N2O4S/c1-13-11-12-20(17-6-4-3-5-16(13)17)18(21)14-7-9-15(10-8-14)25(22,23)19-24-2/h7-10,13,16-17,19H,3-6,11-12H2,1-2H3. The lowest BCUT2D eigenvalue weighted by Crippen LogP contribution is -2.52. The van der Waals surface area contributed by atoms with Gasteiger partial charge in [-0.25, -0.2) is 8.42 Å². The third kappa shape index (κ3) is 3.73. The molecule has 1 aromatic rings. The highest BCUT2D eigenvalue weighted by atomic mass is 32.2. The number of rotatable bonds is 4. The highest BCUT2D eigenvalue weighted by Crippen LogP contribution is 2.39. The summed E-state index contributed by atoms with van der Waals surface area (Å²) >= 11 is 0. The lowest BCUT2D eigenvalue weighted by Gasteiger charge is -2.47. The van der Waals surface area contributed by atoms with E-state index in [0.29, 0.717) is 23.4 Å². The molecule has 3 unspecified atom stereocenters. The van der Waals surface area contributed by atoms with Gasteiger partial charge in [0.05, 0.1) is 12.0 Å². The van der Waals surface area contributed by atoms with Crippen LogP contribution in [-0.2, 0) is 14.9 Å². The van der Waals surface area contributed by atoms with E-state index in [1.165, 1.54) is 38.5 Å². The highest BCUT2D eigenvalue weighted by Gasteiger charge is 2.39. The molecule has 2 fully saturated rings. The summed E-state index contributed by atoms with van der Waals surface area (Å²) in [6.07, 6.45) is 5.75. The van der Waals surface area contributed by atoms with Gasteiger partial charge in [-0.15, -0.1) is 0 Å². The number of hydrogen-bond donors (Lipinski definition) is 1. The lowest BCUT2D eigenvalue weighted by molar-refractivity contribution is 0.0217. The maximum Gasteiger partial charge on any atom is 0.262 e. The van der Waals surface area contributed by atoms with Crippen LogP contribution in [0.25, 0.3) is 0 Å². The molecular weight excluding hydrogens is 340 g/mol. The number of hydrogen-bond acceptors (Lipinski definition) is 4. The van der Waals surface area contributed by atoms with Crippen LogP contribution in [0.3, 0.4) is 0 Å². The minimum Gasteiger partial charge on any atom is -0.335 e. The van der Waals surface area contributed by atoms with E-state index >= 15 is 0 Å². The molecule has 1 N–H and O–H groups in total. The zero-order chi connectivity index (χ0) is 18.0. The molecule has 25 heavy (non-hydrogen) atoms. The third-order valence-electron chi connectivity index (χ3n) is 5.60. The lowest BCUT2D eigenvalue weighted by atomic mass is 9.72. The van der Waals surface area contributed by atoms with Crippen LogP contribution in [-0.4, -0.2) is 38.9 Å². The number of carbonyl (C=O) groups excluding carboxylic acids is 1. The normalized spacial score (nSPS) is 27.0. The topological polar surface area (TPSA) is 75.7 Å². The van der Waals surface area contributed by atoms with Gasteiger partial charge >= 0.3 is 0 Å². The molecule has 1 aliphatic heterocycles. The third-order valence-corrected chi connectivity index (χ3v) is 6.88. The average molecular weight is 366 g/mol. The minimum atomic E-state index is -3.70. The Morgan fingerprint density at radius 3 is 2.52 bits per heavy atom. The Bertz CT molecular complexity index is 717. The molecule has 138 valence electrons. The Hall–Kier alpha value is -1.44. The highest BCUT2D eigenvalue weighted by molar-refractivity contribution is 7.89. The van der Waals surface area contributed by atoms with Crippen LogP contribution in [0.15, 0.2) is 29.2 Å². The van der Waals surface area contributed by atoms with E-state index in [1.807, 2.05) is 9.79 Å². The van der Waals surface area contributed by atoms with Gasteiger partial charge in [-0.3, -0.25) is 9.63 Å². The second-order valence-corrected chi connectivity index (χ2v) is 8.74. The van der Waals surface area contributed by atoms with Crippen molar-refractivity contribution >= 4 is 15.9 Å². The first-order chi connectivity index (χ1) is 11.9. The van der Waals surface area contributed by atoms with Crippen LogP contribution in [0.2, 0.25) is 0 Å². The summed E-state index contributed by atoms with van der Waals surface area (Å²) in [6, 6.07) is 6.38. The largest absolute Gasteiger partial charge is 0.335 e. The Morgan fingerprint density at radius 1 is 1.16 bits per heavy atom. The fourth-order valence-corrected chi connectivity index (χ4v) is 5.08. The summed E-state index contributed by atoms with van der Waals surface area (Å²) in [5.41, 5.74) is 0.537. The van der Waals surface area contributed by atoms with Gasteiger partial charge in [-0.2, -0.15) is 0 Å². The SMILES string of the molecule is CONS(=O)(=O)c1ccc(C(=O)N2CCC(C)C3CCCCC32)cc1. The Kier molecular flexibility index (Phi) is 5.46. The van der Waals surface area contributed by atoms with Crippen molar-refractivity contribution in [3.8, 4) is 0 Å². The van der Waals surface area contributed by atoms with E-state index < -0.39 is 10.0 Å². The van der Waals surface area contributed by atoms with Gasteiger partial charge < -0.3 is 4.90 Å². The first kappa shape index (κ1) is 18.4. The number of benzene rings is 1. The number of fused-ring (bicyclic) bond motifs is 1. The molecule has 1 aromatic carbocycles. The number of piperidine rings is 1. The minimum absolute atomic E-state index is 0.00690. The predicted octanol–water partition coefficient (Wildman–Crippen LogP) is 2.57. The number of sulfonamides is 1. The number of carbonyl (C=O) groups is 1. The summed E-state index contributed by atoms with van der Waals surface area (Å²) in [4.78, 5) is 21.5. The van der Waals surface area contributed by atoms with Crippen LogP contribution in [0.5, 0.6) is 0 Å². The van der Waals surface area contributed by atoms with E-state index in [9.17, 15) is 13.2 Å². The fraction of sp³-hybridized carbons (Fsp3) is 0.611. The Labute approximate surface area is 149 Å². The summed E-state index contributed by atoms with van der Waals surface area (Å²) in [5, 5.41) is 0. The first-order valence-electron chi connectivity index (χ1n) is 8.90. The number of amides is 1. The molecule has 0 aromatic heterocycles. The van der Waals surface area contributed by atoms with E-state index in [0.717, 1.165) is 19.4 Å². The molecule has 1 saturated heterocycles. The first-order valence-corrected chi connectivity index (χ1v) is 10.4. The second-order valence-electron chi connectivity index (χ2n) is 7.10. The average Bonchev–Trinajstić information content (AvgIpc) is 2.62. The second kappa shape index (κ2) is 7.43. The van der Waals surface area contributed by atoms with Gasteiger partial charge in [-0.05, 0) is 55.4 Å². The van der Waals surface area contributed by atoms with E-state index in [2.05, 4.69) is 11.8 Å². The van der Waals surface area contributed by atoms with Gasteiger partial charge in [0.15, 0.2) is 0 Å². The number of nitrogens with one attached hydrogen (secondary N) is 1. The van der Waals surface area contributed by atoms with Crippen LogP contribution in [0.1, 0.15) is 49.4 Å². The van der Waals surface area contributed by atoms with Crippen LogP contribution in [0, 0.1) is 11.8 Å². The molecule has 1 saturated carbocycles. The van der Waals surface area contributed by atoms with Crippen LogP contribution in [0.4, 0.5) is 0 Å². The number of likely N-dealkylation sites (tertiary alicyclic amines) is 1. The smallest absolute Gasteiger partial charge is 0.262 e. The van der Waals surface area contributed by atoms with Crippen molar-refractivity contribution in [2.45, 2.75) is 50.0 Å². The predicted molar refractivity (Wildman–Crippen MR) is 94.3 cm³/mol. The molecule has 7 heteroatoms. The van der Waals surface area contributed by atoms with Crippen molar-refractivity contribution in [1.29, 1.82) is 0 Å². The van der Waals surface area contributed by atoms with Crippen LogP contribution < -0.4 is 4.89 Å². The van der Waals surface area contributed by atoms with Gasteiger partial charge in [0, 0.05) is 18.2 Å². The van der Waals surface area contributed by atoms with E-state index in [4.69, 9.17) is 0 Å². The zero-order valence-electron chi connectivity index (χ0n) is 14.8. The van der Waals surface area contributed by atoms with Gasteiger partial charge in [0.2, 0.25) is 0 Å². The maximum atomic E-state index is 13.0. The van der Waals surface area contributed by atoms with E-state index in [-0.39, 0.29) is 10.8 Å². The molecule has 2 aliphatic rings. The zero-order valence-corrected chi connectivity index (χ0v) is 15.6. The maximum absolute atomic E-state index is 13.0. The van der Waals surface area contributed by atoms with Gasteiger partial charge in [0.25, 0.3) is 15.9 Å². The molecule has 0 spiro atoms. The van der Waals surface area contributed by atoms with Crippen molar-refractivity contribution in [3.05, 3.63) is 29.8 Å².